The third kappa shape index (κ3) is 3.90. The topological polar surface area (TPSA) is 97.0 Å². The third-order valence-corrected chi connectivity index (χ3v) is 4.41. The number of carbonyl (C=O) groups is 3. The molecule has 1 aliphatic heterocycles. The van der Waals surface area contributed by atoms with Gasteiger partial charge in [0.2, 0.25) is 11.8 Å². The fraction of sp³-hybridized carbons (Fsp3) is 0.250. The van der Waals surface area contributed by atoms with Gasteiger partial charge in [0.15, 0.2) is 0 Å². The lowest BCUT2D eigenvalue weighted by Crippen LogP contribution is -2.58. The van der Waals surface area contributed by atoms with E-state index in [1.165, 1.54) is 14.2 Å². The van der Waals surface area contributed by atoms with Crippen LogP contribution in [0.3, 0.4) is 0 Å². The molecule has 1 saturated heterocycles. The fourth-order valence-corrected chi connectivity index (χ4v) is 2.86. The number of ether oxygens (including phenoxy) is 2. The highest BCUT2D eigenvalue weighted by Crippen LogP contribution is 2.27. The summed E-state index contributed by atoms with van der Waals surface area (Å²) in [6, 6.07) is 11.3. The summed E-state index contributed by atoms with van der Waals surface area (Å²) in [5.74, 6) is -1.17. The Morgan fingerprint density at radius 3 is 2.25 bits per heavy atom. The SMILES string of the molecule is COc1cc(NC(=O)C2CNC(=O)N(c3ccc(C)cc3)C2=O)cc(OC)c1. The van der Waals surface area contributed by atoms with Crippen LogP contribution in [0.4, 0.5) is 16.2 Å². The third-order valence-electron chi connectivity index (χ3n) is 4.41. The molecule has 1 aliphatic rings. The lowest BCUT2D eigenvalue weighted by atomic mass is 10.0. The lowest BCUT2D eigenvalue weighted by Gasteiger charge is -2.30. The van der Waals surface area contributed by atoms with Gasteiger partial charge < -0.3 is 20.1 Å². The van der Waals surface area contributed by atoms with Crippen molar-refractivity contribution in [3.05, 3.63) is 48.0 Å². The van der Waals surface area contributed by atoms with Crippen LogP contribution in [-0.2, 0) is 9.59 Å². The maximum absolute atomic E-state index is 12.9. The normalized spacial score (nSPS) is 16.4. The number of amides is 4. The van der Waals surface area contributed by atoms with Crippen LogP contribution in [0.25, 0.3) is 0 Å². The van der Waals surface area contributed by atoms with E-state index in [0.29, 0.717) is 22.9 Å². The van der Waals surface area contributed by atoms with Gasteiger partial charge in [0, 0.05) is 30.4 Å². The number of carbonyl (C=O) groups excluding carboxylic acids is 3. The van der Waals surface area contributed by atoms with Gasteiger partial charge in [-0.1, -0.05) is 17.7 Å². The van der Waals surface area contributed by atoms with Gasteiger partial charge in [-0.05, 0) is 19.1 Å². The van der Waals surface area contributed by atoms with Crippen LogP contribution in [0.5, 0.6) is 11.5 Å². The molecule has 146 valence electrons. The van der Waals surface area contributed by atoms with E-state index in [4.69, 9.17) is 9.47 Å². The molecular weight excluding hydrogens is 362 g/mol. The zero-order chi connectivity index (χ0) is 20.3. The minimum Gasteiger partial charge on any atom is -0.497 e. The van der Waals surface area contributed by atoms with Crippen LogP contribution in [0.15, 0.2) is 42.5 Å². The van der Waals surface area contributed by atoms with Crippen LogP contribution in [0.1, 0.15) is 5.56 Å². The van der Waals surface area contributed by atoms with E-state index in [-0.39, 0.29) is 6.54 Å². The van der Waals surface area contributed by atoms with Crippen molar-refractivity contribution in [3.63, 3.8) is 0 Å². The summed E-state index contributed by atoms with van der Waals surface area (Å²) in [5, 5.41) is 5.28. The number of imide groups is 1. The molecule has 3 rings (SSSR count). The molecule has 1 atom stereocenters. The molecule has 8 nitrogen and oxygen atoms in total. The van der Waals surface area contributed by atoms with Gasteiger partial charge in [-0.25, -0.2) is 9.69 Å². The number of methoxy groups -OCH3 is 2. The number of rotatable bonds is 5. The Balaban J connectivity index is 1.81. The average molecular weight is 383 g/mol. The van der Waals surface area contributed by atoms with Gasteiger partial charge in [0.25, 0.3) is 0 Å². The van der Waals surface area contributed by atoms with Gasteiger partial charge in [0.05, 0.1) is 19.9 Å². The molecule has 8 heteroatoms. The highest BCUT2D eigenvalue weighted by atomic mass is 16.5. The molecule has 2 aromatic rings. The summed E-state index contributed by atoms with van der Waals surface area (Å²) in [4.78, 5) is 38.8. The maximum Gasteiger partial charge on any atom is 0.328 e. The number of anilines is 2. The first-order valence-electron chi connectivity index (χ1n) is 8.65. The van der Waals surface area contributed by atoms with Gasteiger partial charge in [-0.2, -0.15) is 0 Å². The fourth-order valence-electron chi connectivity index (χ4n) is 2.86. The van der Waals surface area contributed by atoms with E-state index >= 15 is 0 Å². The van der Waals surface area contributed by atoms with Crippen LogP contribution < -0.4 is 25.0 Å². The van der Waals surface area contributed by atoms with Crippen molar-refractivity contribution in [2.45, 2.75) is 6.92 Å². The second-order valence-corrected chi connectivity index (χ2v) is 6.34. The van der Waals surface area contributed by atoms with Crippen molar-refractivity contribution in [2.24, 2.45) is 5.92 Å². The predicted molar refractivity (Wildman–Crippen MR) is 104 cm³/mol. The Bertz CT molecular complexity index is 888. The Kier molecular flexibility index (Phi) is 5.49. The number of hydrogen-bond acceptors (Lipinski definition) is 5. The van der Waals surface area contributed by atoms with Crippen molar-refractivity contribution in [1.82, 2.24) is 5.32 Å². The van der Waals surface area contributed by atoms with E-state index < -0.39 is 23.8 Å². The van der Waals surface area contributed by atoms with Gasteiger partial charge in [-0.3, -0.25) is 9.59 Å². The summed E-state index contributed by atoms with van der Waals surface area (Å²) >= 11 is 0. The van der Waals surface area contributed by atoms with E-state index in [9.17, 15) is 14.4 Å². The van der Waals surface area contributed by atoms with Crippen molar-refractivity contribution >= 4 is 29.2 Å². The summed E-state index contributed by atoms with van der Waals surface area (Å²) in [7, 11) is 3.00. The first kappa shape index (κ1) is 19.2. The van der Waals surface area contributed by atoms with Gasteiger partial charge >= 0.3 is 6.03 Å². The Morgan fingerprint density at radius 2 is 1.68 bits per heavy atom. The van der Waals surface area contributed by atoms with Gasteiger partial charge in [-0.15, -0.1) is 0 Å². The zero-order valence-electron chi connectivity index (χ0n) is 15.8. The molecule has 1 heterocycles. The molecule has 28 heavy (non-hydrogen) atoms. The second-order valence-electron chi connectivity index (χ2n) is 6.34. The van der Waals surface area contributed by atoms with E-state index in [2.05, 4.69) is 10.6 Å². The van der Waals surface area contributed by atoms with E-state index in [1.807, 2.05) is 6.92 Å². The first-order valence-corrected chi connectivity index (χ1v) is 8.65. The van der Waals surface area contributed by atoms with Crippen LogP contribution in [0, 0.1) is 12.8 Å². The number of benzene rings is 2. The summed E-state index contributed by atoms with van der Waals surface area (Å²) in [6.45, 7) is 1.83. The van der Waals surface area contributed by atoms with Crippen molar-refractivity contribution in [1.29, 1.82) is 0 Å². The Hall–Kier alpha value is -3.55. The van der Waals surface area contributed by atoms with E-state index in [0.717, 1.165) is 10.5 Å². The molecule has 1 fully saturated rings. The molecule has 0 aliphatic carbocycles. The summed E-state index contributed by atoms with van der Waals surface area (Å²) < 4.78 is 10.4. The molecule has 0 bridgehead atoms. The Morgan fingerprint density at radius 1 is 1.07 bits per heavy atom. The quantitative estimate of drug-likeness (QED) is 0.773. The second kappa shape index (κ2) is 7.99. The molecule has 0 radical (unpaired) electrons. The van der Waals surface area contributed by atoms with Crippen LogP contribution in [-0.4, -0.2) is 38.6 Å². The minimum absolute atomic E-state index is 0.0764. The predicted octanol–water partition coefficient (Wildman–Crippen LogP) is 2.32. The highest BCUT2D eigenvalue weighted by molar-refractivity contribution is 6.23. The van der Waals surface area contributed by atoms with E-state index in [1.54, 1.807) is 42.5 Å². The average Bonchev–Trinajstić information content (AvgIpc) is 2.69. The maximum atomic E-state index is 12.9. The molecule has 1 unspecified atom stereocenters. The smallest absolute Gasteiger partial charge is 0.328 e. The molecule has 0 spiro atoms. The van der Waals surface area contributed by atoms with Crippen molar-refractivity contribution in [2.75, 3.05) is 31.0 Å². The van der Waals surface area contributed by atoms with Crippen molar-refractivity contribution < 1.29 is 23.9 Å². The zero-order valence-corrected chi connectivity index (χ0v) is 15.8. The number of aryl methyl sites for hydroxylation is 1. The number of urea groups is 1. The monoisotopic (exact) mass is 383 g/mol. The molecule has 0 saturated carbocycles. The largest absolute Gasteiger partial charge is 0.497 e. The summed E-state index contributed by atoms with van der Waals surface area (Å²) in [6.07, 6.45) is 0. The Labute approximate surface area is 162 Å². The molecule has 4 amide bonds. The molecular formula is C20H21N3O5. The number of nitrogens with zero attached hydrogens (tertiary/aromatic N) is 1. The van der Waals surface area contributed by atoms with Crippen LogP contribution in [0.2, 0.25) is 0 Å². The lowest BCUT2D eigenvalue weighted by molar-refractivity contribution is -0.130. The minimum atomic E-state index is -1.06. The standard InChI is InChI=1S/C20H21N3O5/c1-12-4-6-14(7-5-12)23-19(25)17(11-21-20(23)26)18(24)22-13-8-15(27-2)10-16(9-13)28-3/h4-10,17H,11H2,1-3H3,(H,21,26)(H,22,24). The molecule has 2 aromatic carbocycles. The highest BCUT2D eigenvalue weighted by Gasteiger charge is 2.39. The van der Waals surface area contributed by atoms with Crippen LogP contribution >= 0.6 is 0 Å². The van der Waals surface area contributed by atoms with Gasteiger partial charge in [0.1, 0.15) is 17.4 Å². The summed E-state index contributed by atoms with van der Waals surface area (Å²) in [5.41, 5.74) is 1.83. The number of nitrogens with one attached hydrogen (secondary N) is 2. The number of hydrogen-bond donors (Lipinski definition) is 2. The van der Waals surface area contributed by atoms with Crippen molar-refractivity contribution in [3.8, 4) is 11.5 Å². The first-order chi connectivity index (χ1) is 13.4. The molecule has 2 N–H and O–H groups in total. The molecule has 0 aromatic heterocycles.